The van der Waals surface area contributed by atoms with Crippen LogP contribution in [-0.2, 0) is 4.79 Å². The van der Waals surface area contributed by atoms with Crippen LogP contribution in [0.2, 0.25) is 0 Å². The fraction of sp³-hybridized carbons (Fsp3) is 0.368. The summed E-state index contributed by atoms with van der Waals surface area (Å²) in [7, 11) is 1.63. The predicted octanol–water partition coefficient (Wildman–Crippen LogP) is 4.40. The standard InChI is InChI=1S/C19H21NO3S2/c1-4-5-9-20-18(21)16(25-19(20)24)11-14-10-13-7-6-8-15(22-3)17(13)23-12(14)2/h6-8,10-12H,4-5,9H2,1-3H3/b16-11-. The van der Waals surface area contributed by atoms with E-state index in [-0.39, 0.29) is 12.0 Å². The maximum Gasteiger partial charge on any atom is 0.266 e. The minimum atomic E-state index is -0.164. The summed E-state index contributed by atoms with van der Waals surface area (Å²) in [6.07, 6.45) is 5.77. The zero-order chi connectivity index (χ0) is 18.0. The molecule has 2 aliphatic rings. The molecule has 25 heavy (non-hydrogen) atoms. The number of hydrogen-bond acceptors (Lipinski definition) is 5. The molecule has 3 rings (SSSR count). The average molecular weight is 376 g/mol. The summed E-state index contributed by atoms with van der Waals surface area (Å²) < 4.78 is 12.0. The molecule has 1 amide bonds. The zero-order valence-corrected chi connectivity index (χ0v) is 16.2. The number of rotatable bonds is 5. The molecule has 0 saturated carbocycles. The van der Waals surface area contributed by atoms with Crippen LogP contribution in [0, 0.1) is 0 Å². The number of hydrogen-bond donors (Lipinski definition) is 0. The molecule has 1 atom stereocenters. The lowest BCUT2D eigenvalue weighted by Crippen LogP contribution is -2.29. The third kappa shape index (κ3) is 3.60. The van der Waals surface area contributed by atoms with Gasteiger partial charge in [-0.25, -0.2) is 0 Å². The van der Waals surface area contributed by atoms with Crippen molar-refractivity contribution < 1.29 is 14.3 Å². The smallest absolute Gasteiger partial charge is 0.266 e. The maximum absolute atomic E-state index is 12.6. The second-order valence-electron chi connectivity index (χ2n) is 5.97. The molecule has 1 unspecified atom stereocenters. The number of methoxy groups -OCH3 is 1. The van der Waals surface area contributed by atoms with Gasteiger partial charge in [0, 0.05) is 12.1 Å². The molecule has 0 bridgehead atoms. The number of nitrogens with zero attached hydrogens (tertiary/aromatic N) is 1. The van der Waals surface area contributed by atoms with Gasteiger partial charge >= 0.3 is 0 Å². The molecule has 0 aromatic heterocycles. The molecule has 0 spiro atoms. The molecule has 1 aromatic rings. The maximum atomic E-state index is 12.6. The van der Waals surface area contributed by atoms with E-state index in [1.807, 2.05) is 37.3 Å². The van der Waals surface area contributed by atoms with E-state index >= 15 is 0 Å². The predicted molar refractivity (Wildman–Crippen MR) is 106 cm³/mol. The topological polar surface area (TPSA) is 38.8 Å². The summed E-state index contributed by atoms with van der Waals surface area (Å²) in [5.41, 5.74) is 1.90. The molecule has 1 aromatic carbocycles. The molecule has 1 saturated heterocycles. The van der Waals surface area contributed by atoms with Gasteiger partial charge in [-0.05, 0) is 37.1 Å². The summed E-state index contributed by atoms with van der Waals surface area (Å²) in [5, 5.41) is 0. The van der Waals surface area contributed by atoms with Crippen LogP contribution in [0.3, 0.4) is 0 Å². The van der Waals surface area contributed by atoms with Crippen molar-refractivity contribution in [2.75, 3.05) is 13.7 Å². The van der Waals surface area contributed by atoms with Gasteiger partial charge in [0.2, 0.25) is 0 Å². The van der Waals surface area contributed by atoms with Gasteiger partial charge in [-0.2, -0.15) is 0 Å². The summed E-state index contributed by atoms with van der Waals surface area (Å²) in [4.78, 5) is 15.0. The Labute approximate surface area is 157 Å². The van der Waals surface area contributed by atoms with Crippen molar-refractivity contribution in [2.45, 2.75) is 32.8 Å². The van der Waals surface area contributed by atoms with Gasteiger partial charge in [0.1, 0.15) is 10.4 Å². The molecular weight excluding hydrogens is 354 g/mol. The zero-order valence-electron chi connectivity index (χ0n) is 14.6. The fourth-order valence-electron chi connectivity index (χ4n) is 2.79. The quantitative estimate of drug-likeness (QED) is 0.563. The van der Waals surface area contributed by atoms with E-state index in [4.69, 9.17) is 21.7 Å². The van der Waals surface area contributed by atoms with Gasteiger partial charge in [0.25, 0.3) is 5.91 Å². The Morgan fingerprint density at radius 3 is 2.96 bits per heavy atom. The molecule has 1 fully saturated rings. The Morgan fingerprint density at radius 2 is 2.24 bits per heavy atom. The monoisotopic (exact) mass is 375 g/mol. The van der Waals surface area contributed by atoms with E-state index in [0.29, 0.717) is 21.5 Å². The van der Waals surface area contributed by atoms with Gasteiger partial charge in [-0.3, -0.25) is 9.69 Å². The van der Waals surface area contributed by atoms with Crippen LogP contribution in [0.1, 0.15) is 32.3 Å². The molecule has 132 valence electrons. The summed E-state index contributed by atoms with van der Waals surface area (Å²) >= 11 is 6.73. The van der Waals surface area contributed by atoms with Crippen LogP contribution in [0.5, 0.6) is 11.5 Å². The number of fused-ring (bicyclic) bond motifs is 1. The van der Waals surface area contributed by atoms with Gasteiger partial charge in [-0.1, -0.05) is 49.5 Å². The molecule has 2 heterocycles. The highest BCUT2D eigenvalue weighted by atomic mass is 32.2. The normalized spacial score (nSPS) is 21.2. The van der Waals surface area contributed by atoms with Crippen molar-refractivity contribution >= 4 is 40.3 Å². The lowest BCUT2D eigenvalue weighted by molar-refractivity contribution is -0.122. The average Bonchev–Trinajstić information content (AvgIpc) is 2.86. The molecule has 2 aliphatic heterocycles. The number of amides is 1. The number of carbonyl (C=O) groups is 1. The SMILES string of the molecule is CCCCN1C(=O)/C(=C/C2=Cc3cccc(OC)c3OC2C)SC1=S. The molecule has 0 radical (unpaired) electrons. The van der Waals surface area contributed by atoms with E-state index in [0.717, 1.165) is 29.7 Å². The van der Waals surface area contributed by atoms with Gasteiger partial charge in [0.05, 0.1) is 12.0 Å². The van der Waals surface area contributed by atoms with E-state index in [9.17, 15) is 4.79 Å². The number of thioether (sulfide) groups is 1. The third-order valence-corrected chi connectivity index (χ3v) is 5.60. The summed E-state index contributed by atoms with van der Waals surface area (Å²) in [6.45, 7) is 4.75. The molecular formula is C19H21NO3S2. The van der Waals surface area contributed by atoms with Gasteiger partial charge in [0.15, 0.2) is 11.5 Å². The van der Waals surface area contributed by atoms with E-state index in [1.54, 1.807) is 12.0 Å². The molecule has 0 aliphatic carbocycles. The molecule has 0 N–H and O–H groups in total. The second-order valence-corrected chi connectivity index (χ2v) is 7.65. The van der Waals surface area contributed by atoms with E-state index in [2.05, 4.69) is 6.92 Å². The summed E-state index contributed by atoms with van der Waals surface area (Å²) in [5.74, 6) is 1.45. The van der Waals surface area contributed by atoms with E-state index < -0.39 is 0 Å². The Bertz CT molecular complexity index is 770. The molecule has 6 heteroatoms. The first-order valence-corrected chi connectivity index (χ1v) is 9.58. The third-order valence-electron chi connectivity index (χ3n) is 4.22. The second kappa shape index (κ2) is 7.62. The van der Waals surface area contributed by atoms with Crippen molar-refractivity contribution in [3.05, 3.63) is 40.3 Å². The van der Waals surface area contributed by atoms with Gasteiger partial charge in [-0.15, -0.1) is 0 Å². The number of thiocarbonyl (C=S) groups is 1. The Kier molecular flexibility index (Phi) is 5.49. The van der Waals surface area contributed by atoms with Crippen LogP contribution >= 0.6 is 24.0 Å². The summed E-state index contributed by atoms with van der Waals surface area (Å²) in [6, 6.07) is 5.78. The Hall–Kier alpha value is -1.79. The van der Waals surface area contributed by atoms with Crippen molar-refractivity contribution in [3.8, 4) is 11.5 Å². The van der Waals surface area contributed by atoms with Crippen molar-refractivity contribution in [1.29, 1.82) is 0 Å². The lowest BCUT2D eigenvalue weighted by Gasteiger charge is -2.24. The van der Waals surface area contributed by atoms with Crippen LogP contribution in [0.15, 0.2) is 34.8 Å². The number of carbonyl (C=O) groups excluding carboxylic acids is 1. The van der Waals surface area contributed by atoms with Gasteiger partial charge < -0.3 is 9.47 Å². The van der Waals surface area contributed by atoms with Crippen molar-refractivity contribution in [2.24, 2.45) is 0 Å². The van der Waals surface area contributed by atoms with E-state index in [1.165, 1.54) is 11.8 Å². The Balaban J connectivity index is 1.89. The fourth-order valence-corrected chi connectivity index (χ4v) is 4.10. The largest absolute Gasteiger partial charge is 0.493 e. The van der Waals surface area contributed by atoms with Crippen LogP contribution < -0.4 is 9.47 Å². The number of benzene rings is 1. The lowest BCUT2D eigenvalue weighted by atomic mass is 10.0. The Morgan fingerprint density at radius 1 is 1.44 bits per heavy atom. The van der Waals surface area contributed by atoms with Crippen LogP contribution in [0.25, 0.3) is 6.08 Å². The highest BCUT2D eigenvalue weighted by molar-refractivity contribution is 8.26. The minimum absolute atomic E-state index is 0.00649. The van der Waals surface area contributed by atoms with Crippen LogP contribution in [0.4, 0.5) is 0 Å². The first kappa shape index (κ1) is 18.0. The van der Waals surface area contributed by atoms with Crippen molar-refractivity contribution in [1.82, 2.24) is 4.90 Å². The number of ether oxygens (including phenoxy) is 2. The number of para-hydroxylation sites is 1. The highest BCUT2D eigenvalue weighted by Gasteiger charge is 2.32. The van der Waals surface area contributed by atoms with Crippen LogP contribution in [-0.4, -0.2) is 34.9 Å². The first-order valence-electron chi connectivity index (χ1n) is 8.35. The van der Waals surface area contributed by atoms with Crippen molar-refractivity contribution in [3.63, 3.8) is 0 Å². The first-order chi connectivity index (χ1) is 12.0. The highest BCUT2D eigenvalue weighted by Crippen LogP contribution is 2.39. The molecule has 4 nitrogen and oxygen atoms in total. The number of unbranched alkanes of at least 4 members (excludes halogenated alkanes) is 1. The minimum Gasteiger partial charge on any atom is -0.493 e.